The number of benzene rings is 1. The molecule has 0 aliphatic heterocycles. The Morgan fingerprint density at radius 2 is 2.00 bits per heavy atom. The minimum Gasteiger partial charge on any atom is -0.303 e. The zero-order chi connectivity index (χ0) is 11.7. The van der Waals surface area contributed by atoms with Gasteiger partial charge in [0.05, 0.1) is 0 Å². The highest BCUT2D eigenvalue weighted by molar-refractivity contribution is 6.13. The van der Waals surface area contributed by atoms with Crippen molar-refractivity contribution in [2.24, 2.45) is 0 Å². The summed E-state index contributed by atoms with van der Waals surface area (Å²) in [5.41, 5.74) is 4.38. The third kappa shape index (κ3) is 2.25. The second-order valence-corrected chi connectivity index (χ2v) is 5.60. The van der Waals surface area contributed by atoms with Crippen LogP contribution in [0, 0.1) is 0 Å². The fourth-order valence-corrected chi connectivity index (χ4v) is 2.80. The van der Waals surface area contributed by atoms with E-state index in [1.807, 2.05) is 0 Å². The van der Waals surface area contributed by atoms with Crippen molar-refractivity contribution in [3.8, 4) is 0 Å². The van der Waals surface area contributed by atoms with E-state index in [4.69, 9.17) is 0 Å². The molecular weight excluding hydrogens is 209 g/mol. The lowest BCUT2D eigenvalue weighted by Crippen LogP contribution is -2.28. The molecule has 0 aromatic heterocycles. The van der Waals surface area contributed by atoms with Gasteiger partial charge >= 0.3 is 0 Å². The number of likely N-dealkylation sites (N-methyl/N-ethyl adjacent to an activating group) is 1. The molecule has 2 unspecified atom stereocenters. The molecule has 0 fully saturated rings. The highest BCUT2D eigenvalue weighted by atomic mass is 27.0. The maximum atomic E-state index is 2.98. The van der Waals surface area contributed by atoms with Crippen LogP contribution in [0.2, 0.25) is 0 Å². The molecule has 2 heteroatoms. The molecule has 1 aliphatic rings. The maximum Gasteiger partial charge on any atom is 0.132 e. The molecule has 0 amide bonds. The average molecular weight is 227 g/mol. The van der Waals surface area contributed by atoms with Gasteiger partial charge in [0.25, 0.3) is 0 Å². The second-order valence-electron chi connectivity index (χ2n) is 4.80. The van der Waals surface area contributed by atoms with Gasteiger partial charge in [-0.25, -0.2) is 0 Å². The summed E-state index contributed by atoms with van der Waals surface area (Å²) in [6.07, 6.45) is 3.52. The topological polar surface area (TPSA) is 3.24 Å². The molecule has 1 aromatic rings. The zero-order valence-corrected chi connectivity index (χ0v) is 11.4. The minimum atomic E-state index is 0.524. The van der Waals surface area contributed by atoms with Crippen molar-refractivity contribution in [1.82, 2.24) is 4.90 Å². The summed E-state index contributed by atoms with van der Waals surface area (Å²) in [6, 6.07) is 9.23. The van der Waals surface area contributed by atoms with E-state index < -0.39 is 0 Å². The van der Waals surface area contributed by atoms with Gasteiger partial charge in [-0.1, -0.05) is 46.3 Å². The van der Waals surface area contributed by atoms with Gasteiger partial charge in [-0.2, -0.15) is 0 Å². The van der Waals surface area contributed by atoms with Crippen molar-refractivity contribution in [2.45, 2.75) is 24.2 Å². The Balaban J connectivity index is 2.36. The molecule has 2 atom stereocenters. The van der Waals surface area contributed by atoms with Crippen LogP contribution >= 0.6 is 0 Å². The Morgan fingerprint density at radius 1 is 1.31 bits per heavy atom. The van der Waals surface area contributed by atoms with Crippen molar-refractivity contribution < 1.29 is 0 Å². The van der Waals surface area contributed by atoms with Gasteiger partial charge in [-0.15, -0.1) is 0 Å². The van der Waals surface area contributed by atoms with Crippen LogP contribution in [0.3, 0.4) is 0 Å². The molecule has 0 bridgehead atoms. The van der Waals surface area contributed by atoms with Crippen molar-refractivity contribution in [3.05, 3.63) is 41.0 Å². The number of nitrogens with zero attached hydrogens (tertiary/aromatic N) is 1. The van der Waals surface area contributed by atoms with Crippen LogP contribution in [0.25, 0.3) is 6.08 Å². The van der Waals surface area contributed by atoms with Gasteiger partial charge in [0.1, 0.15) is 16.3 Å². The summed E-state index contributed by atoms with van der Waals surface area (Å²) in [4.78, 5) is 2.27. The summed E-state index contributed by atoms with van der Waals surface area (Å²) in [6.45, 7) is 2.27. The number of fused-ring (bicyclic) bond motifs is 1. The Kier molecular flexibility index (Phi) is 3.54. The summed E-state index contributed by atoms with van der Waals surface area (Å²) in [7, 11) is 4.29. The van der Waals surface area contributed by atoms with E-state index in [1.165, 1.54) is 16.7 Å². The van der Waals surface area contributed by atoms with E-state index in [-0.39, 0.29) is 0 Å². The van der Waals surface area contributed by atoms with Crippen LogP contribution in [0.15, 0.2) is 29.8 Å². The zero-order valence-electron chi connectivity index (χ0n) is 10.3. The van der Waals surface area contributed by atoms with Gasteiger partial charge in [0.15, 0.2) is 0 Å². The Hall–Kier alpha value is -0.548. The molecule has 0 spiro atoms. The largest absolute Gasteiger partial charge is 0.303 e. The summed E-state index contributed by atoms with van der Waals surface area (Å²) in [5, 5.41) is 0. The fourth-order valence-electron chi connectivity index (χ4n) is 2.23. The van der Waals surface area contributed by atoms with Crippen LogP contribution in [0.5, 0.6) is 0 Å². The SMILES string of the molecule is CC(C1=Cc2ccccc2[CH]([Al])C1)N(C)C. The quantitative estimate of drug-likeness (QED) is 0.702. The van der Waals surface area contributed by atoms with Crippen molar-refractivity contribution in [1.29, 1.82) is 0 Å². The van der Waals surface area contributed by atoms with Crippen LogP contribution in [-0.2, 0) is 0 Å². The summed E-state index contributed by atoms with van der Waals surface area (Å²) in [5.74, 6) is 0. The molecule has 1 aromatic carbocycles. The standard InChI is InChI=1S/C14H18N.Al/c1-11(15(2)3)13-9-8-12-6-4-5-7-14(12)10-13;/h4-8,10-11H,9H2,1-3H3;. The number of rotatable bonds is 2. The van der Waals surface area contributed by atoms with E-state index in [1.54, 1.807) is 0 Å². The molecule has 1 nitrogen and oxygen atoms in total. The van der Waals surface area contributed by atoms with Crippen molar-refractivity contribution >= 4 is 22.4 Å². The van der Waals surface area contributed by atoms with E-state index >= 15 is 0 Å². The lowest BCUT2D eigenvalue weighted by molar-refractivity contribution is 0.345. The molecule has 2 rings (SSSR count). The first-order chi connectivity index (χ1) is 7.59. The average Bonchev–Trinajstić information content (AvgIpc) is 2.28. The van der Waals surface area contributed by atoms with Gasteiger partial charge < -0.3 is 4.90 Å². The lowest BCUT2D eigenvalue weighted by Gasteiger charge is -2.30. The molecule has 0 saturated heterocycles. The Bertz CT molecular complexity index is 409. The monoisotopic (exact) mass is 227 g/mol. The van der Waals surface area contributed by atoms with Gasteiger partial charge in [0.2, 0.25) is 0 Å². The maximum absolute atomic E-state index is 2.98. The van der Waals surface area contributed by atoms with Gasteiger partial charge in [0, 0.05) is 6.04 Å². The van der Waals surface area contributed by atoms with Crippen molar-refractivity contribution in [3.63, 3.8) is 0 Å². The lowest BCUT2D eigenvalue weighted by atomic mass is 9.88. The van der Waals surface area contributed by atoms with Crippen LogP contribution in [0.4, 0.5) is 0 Å². The normalized spacial score (nSPS) is 21.5. The van der Waals surface area contributed by atoms with E-state index in [0.717, 1.165) is 6.42 Å². The smallest absolute Gasteiger partial charge is 0.132 e. The summed E-state index contributed by atoms with van der Waals surface area (Å²) >= 11 is 2.98. The highest BCUT2D eigenvalue weighted by Crippen LogP contribution is 2.33. The third-order valence-electron chi connectivity index (χ3n) is 3.50. The van der Waals surface area contributed by atoms with Gasteiger partial charge in [-0.05, 0) is 33.0 Å². The molecule has 0 N–H and O–H groups in total. The molecule has 0 heterocycles. The van der Waals surface area contributed by atoms with E-state index in [9.17, 15) is 0 Å². The third-order valence-corrected chi connectivity index (χ3v) is 4.10. The summed E-state index contributed by atoms with van der Waals surface area (Å²) < 4.78 is 0.568. The molecule has 82 valence electrons. The highest BCUT2D eigenvalue weighted by Gasteiger charge is 2.20. The fraction of sp³-hybridized carbons (Fsp3) is 0.429. The van der Waals surface area contributed by atoms with Crippen LogP contribution in [-0.4, -0.2) is 41.3 Å². The number of hydrogen-bond acceptors (Lipinski definition) is 1. The predicted molar refractivity (Wildman–Crippen MR) is 70.7 cm³/mol. The van der Waals surface area contributed by atoms with Crippen LogP contribution < -0.4 is 0 Å². The molecule has 1 aliphatic carbocycles. The Morgan fingerprint density at radius 3 is 2.69 bits per heavy atom. The first-order valence-electron chi connectivity index (χ1n) is 5.81. The molecule has 2 radical (unpaired) electrons. The Labute approximate surface area is 107 Å². The molecular formula is C14H18AlN. The first kappa shape index (κ1) is 11.9. The van der Waals surface area contributed by atoms with Gasteiger partial charge in [-0.3, -0.25) is 0 Å². The molecule has 0 saturated carbocycles. The van der Waals surface area contributed by atoms with E-state index in [2.05, 4.69) is 72.6 Å². The van der Waals surface area contributed by atoms with Crippen LogP contribution in [0.1, 0.15) is 29.3 Å². The van der Waals surface area contributed by atoms with E-state index in [0.29, 0.717) is 10.8 Å². The predicted octanol–water partition coefficient (Wildman–Crippen LogP) is 2.63. The minimum absolute atomic E-state index is 0.524. The van der Waals surface area contributed by atoms with Crippen molar-refractivity contribution in [2.75, 3.05) is 14.1 Å². The first-order valence-corrected chi connectivity index (χ1v) is 6.47. The molecule has 16 heavy (non-hydrogen) atoms. The number of hydrogen-bond donors (Lipinski definition) is 0. The second kappa shape index (κ2) is 4.76.